The molecule has 0 heterocycles. The molecule has 1 aliphatic carbocycles. The number of rotatable bonds is 0. The maximum atomic E-state index is 6.04. The van der Waals surface area contributed by atoms with Gasteiger partial charge in [0.15, 0.2) is 0 Å². The highest BCUT2D eigenvalue weighted by atomic mass is 79.9. The van der Waals surface area contributed by atoms with Crippen molar-refractivity contribution in [2.24, 2.45) is 11.7 Å². The molecule has 2 N–H and O–H groups in total. The lowest BCUT2D eigenvalue weighted by atomic mass is 10.0. The largest absolute Gasteiger partial charge is 0.324 e. The summed E-state index contributed by atoms with van der Waals surface area (Å²) in [5.41, 5.74) is 8.75. The molecule has 12 heavy (non-hydrogen) atoms. The summed E-state index contributed by atoms with van der Waals surface area (Å²) in [4.78, 5) is 0. The molecule has 0 saturated carbocycles. The SMILES string of the molecule is CC1Cc2c(Br)cccc2C1N. The molecule has 0 radical (unpaired) electrons. The van der Waals surface area contributed by atoms with Crippen LogP contribution in [0, 0.1) is 5.92 Å². The Kier molecular flexibility index (Phi) is 1.97. The minimum Gasteiger partial charge on any atom is -0.324 e. The van der Waals surface area contributed by atoms with Crippen LogP contribution in [0.1, 0.15) is 24.1 Å². The normalized spacial score (nSPS) is 27.2. The van der Waals surface area contributed by atoms with Gasteiger partial charge in [-0.15, -0.1) is 0 Å². The molecule has 1 aliphatic rings. The highest BCUT2D eigenvalue weighted by Crippen LogP contribution is 2.37. The van der Waals surface area contributed by atoms with Crippen LogP contribution in [-0.4, -0.2) is 0 Å². The van der Waals surface area contributed by atoms with Gasteiger partial charge in [-0.2, -0.15) is 0 Å². The van der Waals surface area contributed by atoms with Gasteiger partial charge in [0.2, 0.25) is 0 Å². The highest BCUT2D eigenvalue weighted by Gasteiger charge is 2.27. The van der Waals surface area contributed by atoms with Crippen molar-refractivity contribution in [1.82, 2.24) is 0 Å². The van der Waals surface area contributed by atoms with Crippen molar-refractivity contribution in [3.05, 3.63) is 33.8 Å². The summed E-state index contributed by atoms with van der Waals surface area (Å²) in [6, 6.07) is 6.51. The van der Waals surface area contributed by atoms with Crippen molar-refractivity contribution in [3.63, 3.8) is 0 Å². The summed E-state index contributed by atoms with van der Waals surface area (Å²) >= 11 is 3.55. The zero-order chi connectivity index (χ0) is 8.72. The fraction of sp³-hybridized carbons (Fsp3) is 0.400. The van der Waals surface area contributed by atoms with Gasteiger partial charge < -0.3 is 5.73 Å². The van der Waals surface area contributed by atoms with E-state index in [9.17, 15) is 0 Å². The van der Waals surface area contributed by atoms with Crippen LogP contribution >= 0.6 is 15.9 Å². The molecule has 0 spiro atoms. The third-order valence-electron chi connectivity index (χ3n) is 2.65. The van der Waals surface area contributed by atoms with Crippen LogP contribution in [0.2, 0.25) is 0 Å². The van der Waals surface area contributed by atoms with Crippen molar-refractivity contribution < 1.29 is 0 Å². The molecule has 0 fully saturated rings. The van der Waals surface area contributed by atoms with E-state index in [0.29, 0.717) is 5.92 Å². The lowest BCUT2D eigenvalue weighted by molar-refractivity contribution is 0.513. The molecule has 2 rings (SSSR count). The first kappa shape index (κ1) is 8.27. The van der Waals surface area contributed by atoms with E-state index in [1.54, 1.807) is 0 Å². The Labute approximate surface area is 81.1 Å². The third kappa shape index (κ3) is 1.10. The Bertz CT molecular complexity index is 309. The second kappa shape index (κ2) is 2.86. The fourth-order valence-corrected chi connectivity index (χ4v) is 2.40. The van der Waals surface area contributed by atoms with Gasteiger partial charge in [-0.25, -0.2) is 0 Å². The topological polar surface area (TPSA) is 26.0 Å². The molecule has 0 bridgehead atoms. The summed E-state index contributed by atoms with van der Waals surface area (Å²) in [7, 11) is 0. The lowest BCUT2D eigenvalue weighted by Crippen LogP contribution is -2.13. The third-order valence-corrected chi connectivity index (χ3v) is 3.40. The molecule has 0 amide bonds. The molecule has 0 aromatic heterocycles. The zero-order valence-corrected chi connectivity index (χ0v) is 8.64. The minimum absolute atomic E-state index is 0.234. The van der Waals surface area contributed by atoms with Gasteiger partial charge in [-0.1, -0.05) is 35.0 Å². The van der Waals surface area contributed by atoms with Gasteiger partial charge >= 0.3 is 0 Å². The summed E-state index contributed by atoms with van der Waals surface area (Å²) in [5, 5.41) is 0. The van der Waals surface area contributed by atoms with Crippen LogP contribution in [0.15, 0.2) is 22.7 Å². The minimum atomic E-state index is 0.234. The average Bonchev–Trinajstić information content (AvgIpc) is 2.32. The summed E-state index contributed by atoms with van der Waals surface area (Å²) in [6.45, 7) is 2.21. The second-order valence-corrected chi connectivity index (χ2v) is 4.37. The Morgan fingerprint density at radius 2 is 2.25 bits per heavy atom. The van der Waals surface area contributed by atoms with Crippen LogP contribution in [0.25, 0.3) is 0 Å². The first-order valence-electron chi connectivity index (χ1n) is 4.23. The molecule has 2 atom stereocenters. The first-order chi connectivity index (χ1) is 5.70. The zero-order valence-electron chi connectivity index (χ0n) is 7.05. The van der Waals surface area contributed by atoms with Crippen LogP contribution < -0.4 is 5.73 Å². The maximum Gasteiger partial charge on any atom is 0.0327 e. The Morgan fingerprint density at radius 3 is 2.92 bits per heavy atom. The van der Waals surface area contributed by atoms with Crippen LogP contribution in [-0.2, 0) is 6.42 Å². The van der Waals surface area contributed by atoms with E-state index in [0.717, 1.165) is 6.42 Å². The molecular weight excluding hydrogens is 214 g/mol. The van der Waals surface area contributed by atoms with Gasteiger partial charge in [-0.05, 0) is 29.5 Å². The second-order valence-electron chi connectivity index (χ2n) is 3.51. The van der Waals surface area contributed by atoms with Gasteiger partial charge in [0.1, 0.15) is 0 Å². The number of fused-ring (bicyclic) bond motifs is 1. The summed E-state index contributed by atoms with van der Waals surface area (Å²) < 4.78 is 1.21. The van der Waals surface area contributed by atoms with E-state index in [2.05, 4.69) is 41.1 Å². The van der Waals surface area contributed by atoms with Crippen molar-refractivity contribution in [1.29, 1.82) is 0 Å². The number of hydrogen-bond donors (Lipinski definition) is 1. The Morgan fingerprint density at radius 1 is 1.50 bits per heavy atom. The Hall–Kier alpha value is -0.340. The molecule has 1 nitrogen and oxygen atoms in total. The predicted molar refractivity (Wildman–Crippen MR) is 53.9 cm³/mol. The van der Waals surface area contributed by atoms with Crippen LogP contribution in [0.3, 0.4) is 0 Å². The van der Waals surface area contributed by atoms with E-state index in [-0.39, 0.29) is 6.04 Å². The fourth-order valence-electron chi connectivity index (χ4n) is 1.86. The van der Waals surface area contributed by atoms with E-state index >= 15 is 0 Å². The average molecular weight is 226 g/mol. The predicted octanol–water partition coefficient (Wildman–Crippen LogP) is 2.64. The van der Waals surface area contributed by atoms with E-state index < -0.39 is 0 Å². The smallest absolute Gasteiger partial charge is 0.0327 e. The highest BCUT2D eigenvalue weighted by molar-refractivity contribution is 9.10. The van der Waals surface area contributed by atoms with Crippen LogP contribution in [0.5, 0.6) is 0 Å². The molecule has 0 saturated heterocycles. The molecule has 1 aromatic carbocycles. The Balaban J connectivity index is 2.53. The van der Waals surface area contributed by atoms with Crippen LogP contribution in [0.4, 0.5) is 0 Å². The molecule has 1 aromatic rings. The van der Waals surface area contributed by atoms with Crippen molar-refractivity contribution >= 4 is 15.9 Å². The summed E-state index contributed by atoms with van der Waals surface area (Å²) in [5.74, 6) is 0.582. The number of halogens is 1. The molecule has 64 valence electrons. The lowest BCUT2D eigenvalue weighted by Gasteiger charge is -2.08. The van der Waals surface area contributed by atoms with Gasteiger partial charge in [0, 0.05) is 10.5 Å². The monoisotopic (exact) mass is 225 g/mol. The molecule has 2 heteroatoms. The standard InChI is InChI=1S/C10H12BrN/c1-6-5-8-7(10(6)12)3-2-4-9(8)11/h2-4,6,10H,5,12H2,1H3. The van der Waals surface area contributed by atoms with Crippen molar-refractivity contribution in [2.75, 3.05) is 0 Å². The summed E-state index contributed by atoms with van der Waals surface area (Å²) in [6.07, 6.45) is 1.11. The van der Waals surface area contributed by atoms with Gasteiger partial charge in [-0.3, -0.25) is 0 Å². The number of nitrogens with two attached hydrogens (primary N) is 1. The number of benzene rings is 1. The van der Waals surface area contributed by atoms with E-state index in [4.69, 9.17) is 5.73 Å². The van der Waals surface area contributed by atoms with Crippen molar-refractivity contribution in [3.8, 4) is 0 Å². The molecule has 2 unspecified atom stereocenters. The van der Waals surface area contributed by atoms with Gasteiger partial charge in [0.25, 0.3) is 0 Å². The molecular formula is C10H12BrN. The van der Waals surface area contributed by atoms with Crippen molar-refractivity contribution in [2.45, 2.75) is 19.4 Å². The quantitative estimate of drug-likeness (QED) is 0.723. The maximum absolute atomic E-state index is 6.04. The van der Waals surface area contributed by atoms with E-state index in [1.807, 2.05) is 0 Å². The molecule has 0 aliphatic heterocycles. The first-order valence-corrected chi connectivity index (χ1v) is 5.02. The van der Waals surface area contributed by atoms with E-state index in [1.165, 1.54) is 15.6 Å². The van der Waals surface area contributed by atoms with Gasteiger partial charge in [0.05, 0.1) is 0 Å². The number of hydrogen-bond acceptors (Lipinski definition) is 1.